The van der Waals surface area contributed by atoms with Crippen molar-refractivity contribution in [1.29, 1.82) is 0 Å². The van der Waals surface area contributed by atoms with Crippen LogP contribution in [-0.4, -0.2) is 47.4 Å². The molecule has 0 aliphatic rings. The molecule has 0 spiro atoms. The minimum absolute atomic E-state index is 0.0157. The molecule has 66 heavy (non-hydrogen) atoms. The van der Waals surface area contributed by atoms with Crippen LogP contribution >= 0.6 is 0 Å². The minimum atomic E-state index is -0.841. The molecule has 1 amide bonds. The van der Waals surface area contributed by atoms with Crippen molar-refractivity contribution in [2.45, 2.75) is 334 Å². The summed E-state index contributed by atoms with van der Waals surface area (Å²) in [5.41, 5.74) is 0. The van der Waals surface area contributed by atoms with Crippen LogP contribution in [0.1, 0.15) is 322 Å². The number of carbonyl (C=O) groups is 2. The van der Waals surface area contributed by atoms with Crippen LogP contribution in [0.5, 0.6) is 0 Å². The lowest BCUT2D eigenvalue weighted by Crippen LogP contribution is -2.45. The molecule has 0 heterocycles. The van der Waals surface area contributed by atoms with E-state index < -0.39 is 12.1 Å². The topological polar surface area (TPSA) is 95.9 Å². The van der Waals surface area contributed by atoms with Gasteiger partial charge in [0, 0.05) is 12.8 Å². The highest BCUT2D eigenvalue weighted by Gasteiger charge is 2.18. The Morgan fingerprint density at radius 2 is 0.712 bits per heavy atom. The second kappa shape index (κ2) is 55.9. The maximum atomic E-state index is 12.4. The van der Waals surface area contributed by atoms with E-state index in [1.165, 1.54) is 257 Å². The summed E-state index contributed by atoms with van der Waals surface area (Å²) in [6.45, 7) is 4.88. The zero-order chi connectivity index (χ0) is 47.9. The number of rotatable bonds is 55. The first kappa shape index (κ1) is 64.3. The zero-order valence-corrected chi connectivity index (χ0v) is 44.4. The van der Waals surface area contributed by atoms with Gasteiger partial charge in [-0.15, -0.1) is 0 Å². The molecule has 0 aromatic carbocycles. The Hall–Kier alpha value is -1.66. The summed E-state index contributed by atoms with van der Waals surface area (Å²) in [6.07, 6.45) is 68.0. The van der Waals surface area contributed by atoms with E-state index in [9.17, 15) is 19.8 Å². The smallest absolute Gasteiger partial charge is 0.305 e. The van der Waals surface area contributed by atoms with E-state index in [0.717, 1.165) is 38.5 Å². The van der Waals surface area contributed by atoms with Gasteiger partial charge in [-0.1, -0.05) is 276 Å². The zero-order valence-electron chi connectivity index (χ0n) is 44.4. The molecule has 6 nitrogen and oxygen atoms in total. The highest BCUT2D eigenvalue weighted by atomic mass is 16.5. The van der Waals surface area contributed by atoms with Crippen molar-refractivity contribution in [3.8, 4) is 0 Å². The molecule has 390 valence electrons. The van der Waals surface area contributed by atoms with E-state index in [0.29, 0.717) is 19.4 Å². The normalized spacial score (nSPS) is 12.7. The van der Waals surface area contributed by atoms with Gasteiger partial charge in [-0.25, -0.2) is 0 Å². The Kier molecular flexibility index (Phi) is 54.5. The Bertz CT molecular complexity index is 1030. The molecule has 6 heteroatoms. The van der Waals surface area contributed by atoms with E-state index in [-0.39, 0.29) is 18.5 Å². The van der Waals surface area contributed by atoms with Gasteiger partial charge in [0.05, 0.1) is 25.4 Å². The maximum Gasteiger partial charge on any atom is 0.305 e. The number of hydrogen-bond acceptors (Lipinski definition) is 5. The minimum Gasteiger partial charge on any atom is -0.466 e. The van der Waals surface area contributed by atoms with E-state index in [4.69, 9.17) is 4.74 Å². The van der Waals surface area contributed by atoms with Crippen LogP contribution in [0.3, 0.4) is 0 Å². The molecule has 2 atom stereocenters. The monoisotopic (exact) mass is 930 g/mol. The van der Waals surface area contributed by atoms with Crippen molar-refractivity contribution in [2.75, 3.05) is 13.2 Å². The third kappa shape index (κ3) is 51.7. The first-order valence-electron chi connectivity index (χ1n) is 29.6. The molecule has 0 radical (unpaired) electrons. The van der Waals surface area contributed by atoms with Crippen LogP contribution in [0.15, 0.2) is 24.3 Å². The molecule has 0 aromatic heterocycles. The van der Waals surface area contributed by atoms with Crippen molar-refractivity contribution in [3.05, 3.63) is 24.3 Å². The summed E-state index contributed by atoms with van der Waals surface area (Å²) in [5.74, 6) is -0.0535. The molecule has 3 N–H and O–H groups in total. The van der Waals surface area contributed by atoms with Crippen LogP contribution in [0.2, 0.25) is 0 Å². The van der Waals surface area contributed by atoms with Crippen molar-refractivity contribution >= 4 is 11.9 Å². The van der Waals surface area contributed by atoms with Gasteiger partial charge >= 0.3 is 5.97 Å². The highest BCUT2D eigenvalue weighted by Crippen LogP contribution is 2.17. The fourth-order valence-electron chi connectivity index (χ4n) is 9.16. The van der Waals surface area contributed by atoms with Gasteiger partial charge in [0.1, 0.15) is 0 Å². The van der Waals surface area contributed by atoms with E-state index in [2.05, 4.69) is 31.3 Å². The molecule has 2 unspecified atom stereocenters. The first-order valence-corrected chi connectivity index (χ1v) is 29.6. The SMILES string of the molecule is CCCCCCCCC/C=C/C(O)C(CO)NC(=O)CCCCCCCCCCCCCCC/C=C\CCCCCCCCCCCCCCOC(=O)CCCCCCCCCCCCC. The lowest BCUT2D eigenvalue weighted by Gasteiger charge is -2.20. The van der Waals surface area contributed by atoms with Crippen LogP contribution in [-0.2, 0) is 14.3 Å². The Labute approximate surface area is 411 Å². The van der Waals surface area contributed by atoms with E-state index in [1.54, 1.807) is 6.08 Å². The van der Waals surface area contributed by atoms with Crippen molar-refractivity contribution in [2.24, 2.45) is 0 Å². The molecule has 0 aromatic rings. The lowest BCUT2D eigenvalue weighted by atomic mass is 10.0. The van der Waals surface area contributed by atoms with Gasteiger partial charge in [0.25, 0.3) is 0 Å². The molecule has 0 saturated heterocycles. The van der Waals surface area contributed by atoms with Gasteiger partial charge in [-0.05, 0) is 57.8 Å². The summed E-state index contributed by atoms with van der Waals surface area (Å²) < 4.78 is 5.47. The number of aliphatic hydroxyl groups excluding tert-OH is 2. The largest absolute Gasteiger partial charge is 0.466 e. The molecule has 0 saturated carbocycles. The summed E-state index contributed by atoms with van der Waals surface area (Å²) in [6, 6.07) is -0.624. The Balaban J connectivity index is 3.35. The summed E-state index contributed by atoms with van der Waals surface area (Å²) in [4.78, 5) is 24.4. The van der Waals surface area contributed by atoms with Gasteiger partial charge in [0.2, 0.25) is 5.91 Å². The summed E-state index contributed by atoms with van der Waals surface area (Å²) in [5, 5.41) is 22.9. The van der Waals surface area contributed by atoms with Crippen LogP contribution in [0.25, 0.3) is 0 Å². The van der Waals surface area contributed by atoms with Gasteiger partial charge < -0.3 is 20.3 Å². The highest BCUT2D eigenvalue weighted by molar-refractivity contribution is 5.76. The molecule has 0 fully saturated rings. The van der Waals surface area contributed by atoms with Crippen LogP contribution in [0.4, 0.5) is 0 Å². The van der Waals surface area contributed by atoms with Gasteiger partial charge in [-0.2, -0.15) is 0 Å². The molecule has 0 aliphatic carbocycles. The Morgan fingerprint density at radius 1 is 0.409 bits per heavy atom. The summed E-state index contributed by atoms with van der Waals surface area (Å²) in [7, 11) is 0. The number of nitrogens with one attached hydrogen (secondary N) is 1. The second-order valence-electron chi connectivity index (χ2n) is 20.3. The molecule has 0 bridgehead atoms. The summed E-state index contributed by atoms with van der Waals surface area (Å²) >= 11 is 0. The first-order chi connectivity index (χ1) is 32.5. The fourth-order valence-corrected chi connectivity index (χ4v) is 9.16. The fraction of sp³-hybridized carbons (Fsp3) is 0.900. The predicted octanol–water partition coefficient (Wildman–Crippen LogP) is 18.2. The van der Waals surface area contributed by atoms with E-state index in [1.807, 2.05) is 6.08 Å². The molecule has 0 rings (SSSR count). The number of hydrogen-bond donors (Lipinski definition) is 3. The molecular weight excluding hydrogens is 815 g/mol. The van der Waals surface area contributed by atoms with Crippen LogP contribution < -0.4 is 5.32 Å². The van der Waals surface area contributed by atoms with E-state index >= 15 is 0 Å². The second-order valence-corrected chi connectivity index (χ2v) is 20.3. The Morgan fingerprint density at radius 3 is 1.08 bits per heavy atom. The van der Waals surface area contributed by atoms with Crippen molar-refractivity contribution in [3.63, 3.8) is 0 Å². The number of esters is 1. The third-order valence-corrected chi connectivity index (χ3v) is 13.7. The molecular formula is C60H115NO5. The van der Waals surface area contributed by atoms with Crippen molar-refractivity contribution < 1.29 is 24.5 Å². The number of carbonyl (C=O) groups excluding carboxylic acids is 2. The number of aliphatic hydroxyl groups is 2. The van der Waals surface area contributed by atoms with Gasteiger partial charge in [0.15, 0.2) is 0 Å². The average Bonchev–Trinajstić information content (AvgIpc) is 3.32. The molecule has 0 aliphatic heterocycles. The third-order valence-electron chi connectivity index (χ3n) is 13.7. The van der Waals surface area contributed by atoms with Crippen LogP contribution in [0, 0.1) is 0 Å². The number of ether oxygens (including phenoxy) is 1. The number of allylic oxidation sites excluding steroid dienone is 3. The number of amides is 1. The standard InChI is InChI=1S/C60H115NO5/c1-3-5-7-9-11-13-33-38-42-46-50-54-60(65)66-55-51-47-43-39-35-32-30-28-26-24-22-20-18-16-14-15-17-19-21-23-25-27-29-31-34-37-41-45-49-53-59(64)61-57(56-62)58(63)52-48-44-40-36-12-10-8-6-4-2/h14,16,48,52,57-58,62-63H,3-13,15,17-47,49-51,53-56H2,1-2H3,(H,61,64)/b16-14-,52-48+. The van der Waals surface area contributed by atoms with Gasteiger partial charge in [-0.3, -0.25) is 9.59 Å². The quantitative estimate of drug-likeness (QED) is 0.0321. The predicted molar refractivity (Wildman–Crippen MR) is 287 cm³/mol. The maximum absolute atomic E-state index is 12.4. The average molecular weight is 931 g/mol. The lowest BCUT2D eigenvalue weighted by molar-refractivity contribution is -0.143. The van der Waals surface area contributed by atoms with Crippen molar-refractivity contribution in [1.82, 2.24) is 5.32 Å². The number of unbranched alkanes of at least 4 members (excludes halogenated alkanes) is 42.